The van der Waals surface area contributed by atoms with Crippen molar-refractivity contribution < 1.29 is 24.3 Å². The lowest BCUT2D eigenvalue weighted by atomic mass is 10.1. The zero-order valence-corrected chi connectivity index (χ0v) is 14.3. The van der Waals surface area contributed by atoms with E-state index in [1.54, 1.807) is 12.1 Å². The number of benzene rings is 1. The maximum absolute atomic E-state index is 12.0. The number of hydrogen-bond donors (Lipinski definition) is 6. The van der Waals surface area contributed by atoms with Crippen LogP contribution in [-0.2, 0) is 25.6 Å². The smallest absolute Gasteiger partial charge is 0.242 e. The second kappa shape index (κ2) is 9.99. The van der Waals surface area contributed by atoms with Gasteiger partial charge in [-0.2, -0.15) is 0 Å². The van der Waals surface area contributed by atoms with E-state index in [1.807, 2.05) is 0 Å². The second-order valence-corrected chi connectivity index (χ2v) is 5.67. The molecule has 10 nitrogen and oxygen atoms in total. The number of aromatic hydroxyl groups is 1. The SMILES string of the molecule is C[C@@H](NC(=O)[C@@H](N)Cc1ccc(O)cc1)C(=O)NCC(=O)NCC(N)=O. The third-order valence-electron chi connectivity index (χ3n) is 3.36. The van der Waals surface area contributed by atoms with Gasteiger partial charge < -0.3 is 32.5 Å². The number of hydrogen-bond acceptors (Lipinski definition) is 6. The van der Waals surface area contributed by atoms with Gasteiger partial charge in [-0.3, -0.25) is 19.2 Å². The zero-order valence-electron chi connectivity index (χ0n) is 14.3. The van der Waals surface area contributed by atoms with Crippen molar-refractivity contribution in [2.45, 2.75) is 25.4 Å². The maximum atomic E-state index is 12.0. The fourth-order valence-corrected chi connectivity index (χ4v) is 1.93. The van der Waals surface area contributed by atoms with Crippen LogP contribution in [-0.4, -0.2) is 53.9 Å². The lowest BCUT2D eigenvalue weighted by Gasteiger charge is -2.17. The van der Waals surface area contributed by atoms with Gasteiger partial charge in [0, 0.05) is 0 Å². The molecule has 10 heteroatoms. The minimum Gasteiger partial charge on any atom is -0.508 e. The van der Waals surface area contributed by atoms with Crippen LogP contribution in [0.15, 0.2) is 24.3 Å². The predicted octanol–water partition coefficient (Wildman–Crippen LogP) is -2.52. The van der Waals surface area contributed by atoms with Gasteiger partial charge in [0.2, 0.25) is 23.6 Å². The Kier molecular flexibility index (Phi) is 8.03. The average molecular weight is 365 g/mol. The summed E-state index contributed by atoms with van der Waals surface area (Å²) < 4.78 is 0. The summed E-state index contributed by atoms with van der Waals surface area (Å²) in [5.41, 5.74) is 11.4. The van der Waals surface area contributed by atoms with Gasteiger partial charge in [-0.05, 0) is 31.0 Å². The van der Waals surface area contributed by atoms with Crippen molar-refractivity contribution in [3.63, 3.8) is 0 Å². The fraction of sp³-hybridized carbons (Fsp3) is 0.375. The van der Waals surface area contributed by atoms with E-state index in [2.05, 4.69) is 16.0 Å². The summed E-state index contributed by atoms with van der Waals surface area (Å²) in [7, 11) is 0. The molecule has 0 aliphatic heterocycles. The highest BCUT2D eigenvalue weighted by Gasteiger charge is 2.20. The maximum Gasteiger partial charge on any atom is 0.242 e. The normalized spacial score (nSPS) is 12.5. The molecule has 0 radical (unpaired) electrons. The number of amides is 4. The third kappa shape index (κ3) is 7.62. The zero-order chi connectivity index (χ0) is 19.7. The lowest BCUT2D eigenvalue weighted by Crippen LogP contribution is -2.52. The molecule has 0 aliphatic carbocycles. The molecule has 0 aliphatic rings. The van der Waals surface area contributed by atoms with Crippen LogP contribution in [0.2, 0.25) is 0 Å². The van der Waals surface area contributed by atoms with Crippen LogP contribution >= 0.6 is 0 Å². The molecule has 1 rings (SSSR count). The van der Waals surface area contributed by atoms with Gasteiger partial charge in [-0.1, -0.05) is 12.1 Å². The van der Waals surface area contributed by atoms with E-state index in [1.165, 1.54) is 19.1 Å². The molecule has 4 amide bonds. The number of carbonyl (C=O) groups is 4. The summed E-state index contributed by atoms with van der Waals surface area (Å²) >= 11 is 0. The molecule has 0 heterocycles. The van der Waals surface area contributed by atoms with Crippen LogP contribution in [0, 0.1) is 0 Å². The first-order chi connectivity index (χ1) is 12.2. The molecular formula is C16H23N5O5. The Bertz CT molecular complexity index is 661. The Morgan fingerprint density at radius 2 is 1.65 bits per heavy atom. The van der Waals surface area contributed by atoms with Gasteiger partial charge in [-0.15, -0.1) is 0 Å². The monoisotopic (exact) mass is 365 g/mol. The largest absolute Gasteiger partial charge is 0.508 e. The van der Waals surface area contributed by atoms with Crippen molar-refractivity contribution in [1.82, 2.24) is 16.0 Å². The number of rotatable bonds is 9. The Hall–Kier alpha value is -3.14. The molecular weight excluding hydrogens is 342 g/mol. The number of primary amides is 1. The first-order valence-electron chi connectivity index (χ1n) is 7.85. The predicted molar refractivity (Wildman–Crippen MR) is 92.6 cm³/mol. The minimum absolute atomic E-state index is 0.108. The molecule has 0 unspecified atom stereocenters. The van der Waals surface area contributed by atoms with Crippen molar-refractivity contribution in [2.75, 3.05) is 13.1 Å². The summed E-state index contributed by atoms with van der Waals surface area (Å²) in [5.74, 6) is -2.28. The molecule has 0 fully saturated rings. The molecule has 0 bridgehead atoms. The molecule has 26 heavy (non-hydrogen) atoms. The average Bonchev–Trinajstić information content (AvgIpc) is 2.59. The van der Waals surface area contributed by atoms with E-state index in [0.29, 0.717) is 0 Å². The number of phenols is 1. The van der Waals surface area contributed by atoms with E-state index in [9.17, 15) is 24.3 Å². The van der Waals surface area contributed by atoms with Crippen LogP contribution < -0.4 is 27.4 Å². The van der Waals surface area contributed by atoms with E-state index < -0.39 is 35.7 Å². The number of nitrogens with one attached hydrogen (secondary N) is 3. The summed E-state index contributed by atoms with van der Waals surface area (Å²) in [6.45, 7) is 0.765. The van der Waals surface area contributed by atoms with Crippen LogP contribution in [0.25, 0.3) is 0 Å². The molecule has 8 N–H and O–H groups in total. The quantitative estimate of drug-likeness (QED) is 0.281. The van der Waals surface area contributed by atoms with E-state index in [-0.39, 0.29) is 25.3 Å². The van der Waals surface area contributed by atoms with Gasteiger partial charge in [0.05, 0.1) is 19.1 Å². The molecule has 1 aromatic carbocycles. The highest BCUT2D eigenvalue weighted by atomic mass is 16.3. The molecule has 1 aromatic rings. The molecule has 142 valence electrons. The second-order valence-electron chi connectivity index (χ2n) is 5.67. The fourth-order valence-electron chi connectivity index (χ4n) is 1.93. The summed E-state index contributed by atoms with van der Waals surface area (Å²) in [6, 6.07) is 4.47. The van der Waals surface area contributed by atoms with Gasteiger partial charge in [0.25, 0.3) is 0 Å². The molecule has 0 saturated carbocycles. The number of carbonyl (C=O) groups excluding carboxylic acids is 4. The Labute approximate surface area is 150 Å². The first-order valence-corrected chi connectivity index (χ1v) is 7.85. The van der Waals surface area contributed by atoms with E-state index in [4.69, 9.17) is 11.5 Å². The third-order valence-corrected chi connectivity index (χ3v) is 3.36. The Morgan fingerprint density at radius 3 is 2.23 bits per heavy atom. The number of nitrogens with two attached hydrogens (primary N) is 2. The van der Waals surface area contributed by atoms with Crippen LogP contribution in [0.4, 0.5) is 0 Å². The highest BCUT2D eigenvalue weighted by Crippen LogP contribution is 2.10. The van der Waals surface area contributed by atoms with Crippen LogP contribution in [0.5, 0.6) is 5.75 Å². The van der Waals surface area contributed by atoms with Crippen molar-refractivity contribution in [2.24, 2.45) is 11.5 Å². The number of phenolic OH excluding ortho intramolecular Hbond substituents is 1. The van der Waals surface area contributed by atoms with Crippen molar-refractivity contribution in [3.05, 3.63) is 29.8 Å². The van der Waals surface area contributed by atoms with Crippen molar-refractivity contribution >= 4 is 23.6 Å². The van der Waals surface area contributed by atoms with E-state index >= 15 is 0 Å². The molecule has 2 atom stereocenters. The van der Waals surface area contributed by atoms with Gasteiger partial charge in [-0.25, -0.2) is 0 Å². The first kappa shape index (κ1) is 20.9. The van der Waals surface area contributed by atoms with Gasteiger partial charge in [0.15, 0.2) is 0 Å². The van der Waals surface area contributed by atoms with Gasteiger partial charge in [0.1, 0.15) is 11.8 Å². The van der Waals surface area contributed by atoms with Crippen LogP contribution in [0.3, 0.4) is 0 Å². The highest BCUT2D eigenvalue weighted by molar-refractivity contribution is 5.92. The Morgan fingerprint density at radius 1 is 1.04 bits per heavy atom. The minimum atomic E-state index is -0.905. The van der Waals surface area contributed by atoms with E-state index in [0.717, 1.165) is 5.56 Å². The molecule has 0 aromatic heterocycles. The summed E-state index contributed by atoms with van der Waals surface area (Å²) in [4.78, 5) is 45.8. The summed E-state index contributed by atoms with van der Waals surface area (Å²) in [5, 5.41) is 16.2. The molecule has 0 saturated heterocycles. The summed E-state index contributed by atoms with van der Waals surface area (Å²) in [6.07, 6.45) is 0.232. The van der Waals surface area contributed by atoms with Crippen molar-refractivity contribution in [1.29, 1.82) is 0 Å². The topological polar surface area (TPSA) is 177 Å². The standard InChI is InChI=1S/C16H23N5O5/c1-9(15(25)20-8-14(24)19-7-13(18)23)21-16(26)12(17)6-10-2-4-11(22)5-3-10/h2-5,9,12,22H,6-8,17H2,1H3,(H2,18,23)(H,19,24)(H,20,25)(H,21,26)/t9-,12+/m1/s1. The van der Waals surface area contributed by atoms with Crippen molar-refractivity contribution in [3.8, 4) is 5.75 Å². The Balaban J connectivity index is 2.39. The lowest BCUT2D eigenvalue weighted by molar-refractivity contribution is -0.130. The van der Waals surface area contributed by atoms with Crippen LogP contribution in [0.1, 0.15) is 12.5 Å². The van der Waals surface area contributed by atoms with Gasteiger partial charge >= 0.3 is 0 Å². The molecule has 0 spiro atoms.